The normalized spacial score (nSPS) is 19.1. The van der Waals surface area contributed by atoms with E-state index in [-0.39, 0.29) is 5.54 Å². The molecule has 1 aliphatic rings. The summed E-state index contributed by atoms with van der Waals surface area (Å²) >= 11 is 0. The van der Waals surface area contributed by atoms with Crippen molar-refractivity contribution in [2.75, 3.05) is 13.6 Å². The maximum absolute atomic E-state index is 6.47. The van der Waals surface area contributed by atoms with E-state index in [4.69, 9.17) is 5.73 Å². The van der Waals surface area contributed by atoms with Crippen LogP contribution in [0.25, 0.3) is 0 Å². The predicted molar refractivity (Wildman–Crippen MR) is 77.4 cm³/mol. The Morgan fingerprint density at radius 3 is 2.44 bits per heavy atom. The number of nitrogens with zero attached hydrogens (tertiary/aromatic N) is 1. The molecule has 0 aromatic heterocycles. The Morgan fingerprint density at radius 2 is 1.78 bits per heavy atom. The van der Waals surface area contributed by atoms with Gasteiger partial charge in [0.25, 0.3) is 0 Å². The summed E-state index contributed by atoms with van der Waals surface area (Å²) < 4.78 is 0. The molecule has 18 heavy (non-hydrogen) atoms. The lowest BCUT2D eigenvalue weighted by Crippen LogP contribution is -2.44. The van der Waals surface area contributed by atoms with E-state index < -0.39 is 0 Å². The zero-order valence-electron chi connectivity index (χ0n) is 11.6. The molecule has 0 heterocycles. The fourth-order valence-electron chi connectivity index (χ4n) is 2.89. The highest BCUT2D eigenvalue weighted by Crippen LogP contribution is 2.28. The molecule has 2 heteroatoms. The lowest BCUT2D eigenvalue weighted by Gasteiger charge is -2.34. The van der Waals surface area contributed by atoms with Gasteiger partial charge in [-0.05, 0) is 38.4 Å². The molecule has 0 bridgehead atoms. The monoisotopic (exact) mass is 246 g/mol. The third kappa shape index (κ3) is 4.11. The second kappa shape index (κ2) is 6.35. The van der Waals surface area contributed by atoms with Crippen molar-refractivity contribution >= 4 is 0 Å². The van der Waals surface area contributed by atoms with Crippen molar-refractivity contribution in [2.45, 2.75) is 50.6 Å². The highest BCUT2D eigenvalue weighted by molar-refractivity contribution is 5.14. The van der Waals surface area contributed by atoms with Crippen molar-refractivity contribution in [1.29, 1.82) is 0 Å². The van der Waals surface area contributed by atoms with Gasteiger partial charge < -0.3 is 10.6 Å². The molecule has 0 aliphatic heterocycles. The smallest absolute Gasteiger partial charge is 0.0230 e. The molecule has 2 nitrogen and oxygen atoms in total. The van der Waals surface area contributed by atoms with Crippen molar-refractivity contribution in [3.8, 4) is 0 Å². The average Bonchev–Trinajstić information content (AvgIpc) is 2.39. The first-order valence-electron chi connectivity index (χ1n) is 7.19. The summed E-state index contributed by atoms with van der Waals surface area (Å²) in [5.41, 5.74) is 7.97. The van der Waals surface area contributed by atoms with Gasteiger partial charge in [0.1, 0.15) is 0 Å². The van der Waals surface area contributed by atoms with Gasteiger partial charge in [0.15, 0.2) is 0 Å². The van der Waals surface area contributed by atoms with Crippen LogP contribution in [0.5, 0.6) is 0 Å². The highest BCUT2D eigenvalue weighted by atomic mass is 15.1. The Balaban J connectivity index is 1.76. The van der Waals surface area contributed by atoms with Crippen molar-refractivity contribution < 1.29 is 0 Å². The second-order valence-electron chi connectivity index (χ2n) is 5.90. The van der Waals surface area contributed by atoms with Gasteiger partial charge in [-0.2, -0.15) is 0 Å². The molecule has 0 radical (unpaired) electrons. The zero-order chi connectivity index (χ0) is 12.8. The molecule has 1 aromatic rings. The van der Waals surface area contributed by atoms with Gasteiger partial charge in [-0.3, -0.25) is 0 Å². The maximum Gasteiger partial charge on any atom is 0.0230 e. The number of hydrogen-bond acceptors (Lipinski definition) is 2. The van der Waals surface area contributed by atoms with Gasteiger partial charge in [0, 0.05) is 12.1 Å². The van der Waals surface area contributed by atoms with Crippen LogP contribution in [-0.4, -0.2) is 24.0 Å². The third-order valence-corrected chi connectivity index (χ3v) is 4.14. The molecule has 1 saturated carbocycles. The minimum Gasteiger partial charge on any atom is -0.325 e. The fraction of sp³-hybridized carbons (Fsp3) is 0.625. The minimum absolute atomic E-state index is 0.114. The summed E-state index contributed by atoms with van der Waals surface area (Å²) in [6.07, 6.45) is 7.57. The van der Waals surface area contributed by atoms with Gasteiger partial charge in [-0.25, -0.2) is 0 Å². The molecule has 2 rings (SSSR count). The Bertz CT molecular complexity index is 341. The van der Waals surface area contributed by atoms with E-state index in [0.717, 1.165) is 19.5 Å². The summed E-state index contributed by atoms with van der Waals surface area (Å²) in [7, 11) is 2.19. The van der Waals surface area contributed by atoms with E-state index in [1.165, 1.54) is 37.7 Å². The average molecular weight is 246 g/mol. The zero-order valence-corrected chi connectivity index (χ0v) is 11.6. The topological polar surface area (TPSA) is 29.3 Å². The summed E-state index contributed by atoms with van der Waals surface area (Å²) in [4.78, 5) is 2.39. The molecular weight excluding hydrogens is 220 g/mol. The summed E-state index contributed by atoms with van der Waals surface area (Å²) in [6.45, 7) is 2.13. The van der Waals surface area contributed by atoms with E-state index >= 15 is 0 Å². The number of benzene rings is 1. The van der Waals surface area contributed by atoms with Crippen LogP contribution in [0, 0.1) is 0 Å². The van der Waals surface area contributed by atoms with Crippen molar-refractivity contribution in [3.05, 3.63) is 35.9 Å². The first kappa shape index (κ1) is 13.6. The summed E-state index contributed by atoms with van der Waals surface area (Å²) in [5, 5.41) is 0. The lowest BCUT2D eigenvalue weighted by molar-refractivity contribution is 0.226. The lowest BCUT2D eigenvalue weighted by atomic mass is 9.80. The first-order chi connectivity index (χ1) is 8.68. The molecule has 2 N–H and O–H groups in total. The fourth-order valence-corrected chi connectivity index (χ4v) is 2.89. The van der Waals surface area contributed by atoms with Gasteiger partial charge in [-0.1, -0.05) is 49.6 Å². The Morgan fingerprint density at radius 1 is 1.11 bits per heavy atom. The third-order valence-electron chi connectivity index (χ3n) is 4.14. The Kier molecular flexibility index (Phi) is 4.79. The van der Waals surface area contributed by atoms with E-state index in [2.05, 4.69) is 42.3 Å². The molecule has 0 saturated heterocycles. The van der Waals surface area contributed by atoms with Crippen LogP contribution in [0.3, 0.4) is 0 Å². The molecule has 1 aliphatic carbocycles. The standard InChI is InChI=1S/C16H26N2/c1-18(14-15-8-4-2-5-9-15)13-12-16(17)10-6-3-7-11-16/h2,4-5,8-9H,3,6-7,10-14,17H2,1H3. The van der Waals surface area contributed by atoms with Crippen LogP contribution in [0.4, 0.5) is 0 Å². The molecule has 0 amide bonds. The van der Waals surface area contributed by atoms with Crippen molar-refractivity contribution in [3.63, 3.8) is 0 Å². The van der Waals surface area contributed by atoms with Crippen LogP contribution >= 0.6 is 0 Å². The van der Waals surface area contributed by atoms with Gasteiger partial charge in [0.05, 0.1) is 0 Å². The quantitative estimate of drug-likeness (QED) is 0.864. The molecule has 100 valence electrons. The van der Waals surface area contributed by atoms with E-state index in [0.29, 0.717) is 0 Å². The van der Waals surface area contributed by atoms with Crippen LogP contribution in [-0.2, 0) is 6.54 Å². The van der Waals surface area contributed by atoms with Gasteiger partial charge >= 0.3 is 0 Å². The van der Waals surface area contributed by atoms with E-state index in [9.17, 15) is 0 Å². The molecule has 0 spiro atoms. The molecular formula is C16H26N2. The van der Waals surface area contributed by atoms with E-state index in [1.807, 2.05) is 0 Å². The molecule has 1 fully saturated rings. The van der Waals surface area contributed by atoms with Crippen LogP contribution in [0.15, 0.2) is 30.3 Å². The Hall–Kier alpha value is -0.860. The van der Waals surface area contributed by atoms with E-state index in [1.54, 1.807) is 0 Å². The van der Waals surface area contributed by atoms with Crippen molar-refractivity contribution in [2.24, 2.45) is 5.73 Å². The van der Waals surface area contributed by atoms with Crippen LogP contribution in [0.2, 0.25) is 0 Å². The van der Waals surface area contributed by atoms with Gasteiger partial charge in [-0.15, -0.1) is 0 Å². The SMILES string of the molecule is CN(CCC1(N)CCCCC1)Cc1ccccc1. The number of hydrogen-bond donors (Lipinski definition) is 1. The number of nitrogens with two attached hydrogens (primary N) is 1. The Labute approximate surface area is 111 Å². The first-order valence-corrected chi connectivity index (χ1v) is 7.19. The highest BCUT2D eigenvalue weighted by Gasteiger charge is 2.27. The van der Waals surface area contributed by atoms with Gasteiger partial charge in [0.2, 0.25) is 0 Å². The molecule has 1 aromatic carbocycles. The summed E-state index contributed by atoms with van der Waals surface area (Å²) in [5.74, 6) is 0. The van der Waals surface area contributed by atoms with Crippen LogP contribution < -0.4 is 5.73 Å². The second-order valence-corrected chi connectivity index (χ2v) is 5.90. The summed E-state index contributed by atoms with van der Waals surface area (Å²) in [6, 6.07) is 10.7. The largest absolute Gasteiger partial charge is 0.325 e. The maximum atomic E-state index is 6.47. The molecule has 0 atom stereocenters. The minimum atomic E-state index is 0.114. The molecule has 0 unspecified atom stereocenters. The van der Waals surface area contributed by atoms with Crippen LogP contribution in [0.1, 0.15) is 44.1 Å². The number of rotatable bonds is 5. The predicted octanol–water partition coefficient (Wildman–Crippen LogP) is 3.17. The van der Waals surface area contributed by atoms with Crippen molar-refractivity contribution in [1.82, 2.24) is 4.90 Å².